The molecule has 2 aliphatic heterocycles. The maximum Gasteiger partial charge on any atom is 0.246 e. The lowest BCUT2D eigenvalue weighted by molar-refractivity contribution is -0.116. The first-order chi connectivity index (χ1) is 5.36. The van der Waals surface area contributed by atoms with E-state index < -0.39 is 0 Å². The van der Waals surface area contributed by atoms with Crippen molar-refractivity contribution in [1.29, 1.82) is 0 Å². The molecule has 2 rings (SSSR count). The summed E-state index contributed by atoms with van der Waals surface area (Å²) in [5, 5.41) is 5.97. The van der Waals surface area contributed by atoms with Crippen LogP contribution in [-0.2, 0) is 4.79 Å². The lowest BCUT2D eigenvalue weighted by Gasteiger charge is -2.24. The average Bonchev–Trinajstić information content (AvgIpc) is 2.27. The minimum absolute atomic E-state index is 0.136. The predicted octanol–water partition coefficient (Wildman–Crippen LogP) is -0.348. The minimum atomic E-state index is 0.136. The molecule has 0 spiro atoms. The molecule has 0 unspecified atom stereocenters. The van der Waals surface area contributed by atoms with Crippen molar-refractivity contribution in [3.8, 4) is 0 Å². The second-order valence-corrected chi connectivity index (χ2v) is 3.12. The molecule has 2 N–H and O–H groups in total. The van der Waals surface area contributed by atoms with Gasteiger partial charge in [0.1, 0.15) is 0 Å². The van der Waals surface area contributed by atoms with E-state index >= 15 is 0 Å². The predicted molar refractivity (Wildman–Crippen MR) is 42.1 cm³/mol. The Morgan fingerprint density at radius 2 is 2.27 bits per heavy atom. The van der Waals surface area contributed by atoms with Gasteiger partial charge < -0.3 is 10.6 Å². The molecule has 0 radical (unpaired) electrons. The van der Waals surface area contributed by atoms with Crippen LogP contribution in [0.15, 0.2) is 11.6 Å². The van der Waals surface area contributed by atoms with Crippen molar-refractivity contribution in [2.45, 2.75) is 6.42 Å². The molecule has 0 aromatic heterocycles. The van der Waals surface area contributed by atoms with Crippen LogP contribution in [0.2, 0.25) is 0 Å². The second-order valence-electron chi connectivity index (χ2n) is 3.12. The summed E-state index contributed by atoms with van der Waals surface area (Å²) in [6, 6.07) is 0. The summed E-state index contributed by atoms with van der Waals surface area (Å²) in [6.07, 6.45) is 3.02. The van der Waals surface area contributed by atoms with Crippen molar-refractivity contribution in [1.82, 2.24) is 10.6 Å². The van der Waals surface area contributed by atoms with E-state index in [1.807, 2.05) is 0 Å². The summed E-state index contributed by atoms with van der Waals surface area (Å²) < 4.78 is 0. The van der Waals surface area contributed by atoms with Gasteiger partial charge in [0.15, 0.2) is 0 Å². The highest BCUT2D eigenvalue weighted by Crippen LogP contribution is 2.13. The molecule has 2 aliphatic rings. The van der Waals surface area contributed by atoms with Crippen LogP contribution >= 0.6 is 0 Å². The first kappa shape index (κ1) is 6.85. The van der Waals surface area contributed by atoms with E-state index in [4.69, 9.17) is 0 Å². The van der Waals surface area contributed by atoms with Gasteiger partial charge in [-0.15, -0.1) is 0 Å². The quantitative estimate of drug-likeness (QED) is 0.504. The molecule has 0 saturated carbocycles. The van der Waals surface area contributed by atoms with Crippen LogP contribution in [0.3, 0.4) is 0 Å². The number of rotatable bonds is 1. The van der Waals surface area contributed by atoms with Gasteiger partial charge in [-0.1, -0.05) is 6.08 Å². The highest BCUT2D eigenvalue weighted by atomic mass is 16.1. The summed E-state index contributed by atoms with van der Waals surface area (Å²) in [7, 11) is 0. The first-order valence-electron chi connectivity index (χ1n) is 4.06. The van der Waals surface area contributed by atoms with Gasteiger partial charge in [-0.2, -0.15) is 0 Å². The monoisotopic (exact) mass is 152 g/mol. The van der Waals surface area contributed by atoms with E-state index in [2.05, 4.69) is 16.7 Å². The molecule has 0 bridgehead atoms. The van der Waals surface area contributed by atoms with Gasteiger partial charge in [0.25, 0.3) is 0 Å². The Labute approximate surface area is 65.9 Å². The van der Waals surface area contributed by atoms with Crippen molar-refractivity contribution < 1.29 is 4.79 Å². The SMILES string of the molecule is O=C1NCC/C1=C\C1CNC1. The van der Waals surface area contributed by atoms with Gasteiger partial charge in [0.2, 0.25) is 5.91 Å². The van der Waals surface area contributed by atoms with Gasteiger partial charge in [-0.25, -0.2) is 0 Å². The lowest BCUT2D eigenvalue weighted by Crippen LogP contribution is -2.41. The fourth-order valence-electron chi connectivity index (χ4n) is 1.41. The molecule has 60 valence electrons. The third-order valence-electron chi connectivity index (χ3n) is 2.22. The molecule has 1 amide bonds. The number of nitrogens with one attached hydrogen (secondary N) is 2. The lowest BCUT2D eigenvalue weighted by atomic mass is 9.99. The molecule has 11 heavy (non-hydrogen) atoms. The molecule has 0 aliphatic carbocycles. The Morgan fingerprint density at radius 1 is 1.45 bits per heavy atom. The number of hydrogen-bond acceptors (Lipinski definition) is 2. The zero-order valence-electron chi connectivity index (χ0n) is 6.39. The van der Waals surface area contributed by atoms with Crippen molar-refractivity contribution in [3.05, 3.63) is 11.6 Å². The summed E-state index contributed by atoms with van der Waals surface area (Å²) in [5.41, 5.74) is 0.983. The van der Waals surface area contributed by atoms with Crippen molar-refractivity contribution in [2.24, 2.45) is 5.92 Å². The molecule has 3 nitrogen and oxygen atoms in total. The van der Waals surface area contributed by atoms with Gasteiger partial charge in [-0.05, 0) is 6.42 Å². The Bertz CT molecular complexity index is 206. The molecule has 3 heteroatoms. The van der Waals surface area contributed by atoms with Gasteiger partial charge in [0, 0.05) is 31.1 Å². The highest BCUT2D eigenvalue weighted by Gasteiger charge is 2.20. The summed E-state index contributed by atoms with van der Waals surface area (Å²) in [5.74, 6) is 0.741. The Morgan fingerprint density at radius 3 is 2.73 bits per heavy atom. The topological polar surface area (TPSA) is 41.1 Å². The molecule has 0 atom stereocenters. The minimum Gasteiger partial charge on any atom is -0.352 e. The Balaban J connectivity index is 2.01. The van der Waals surface area contributed by atoms with E-state index in [1.165, 1.54) is 0 Å². The van der Waals surface area contributed by atoms with Crippen LogP contribution in [-0.4, -0.2) is 25.5 Å². The van der Waals surface area contributed by atoms with E-state index in [9.17, 15) is 4.79 Å². The second kappa shape index (κ2) is 2.66. The van der Waals surface area contributed by atoms with E-state index in [1.54, 1.807) is 0 Å². The fraction of sp³-hybridized carbons (Fsp3) is 0.625. The van der Waals surface area contributed by atoms with E-state index in [-0.39, 0.29) is 5.91 Å². The third kappa shape index (κ3) is 1.28. The summed E-state index contributed by atoms with van der Waals surface area (Å²) >= 11 is 0. The van der Waals surface area contributed by atoms with Gasteiger partial charge in [0.05, 0.1) is 0 Å². The molecular weight excluding hydrogens is 140 g/mol. The van der Waals surface area contributed by atoms with Crippen molar-refractivity contribution in [2.75, 3.05) is 19.6 Å². The van der Waals surface area contributed by atoms with Crippen molar-refractivity contribution >= 4 is 5.91 Å². The van der Waals surface area contributed by atoms with Crippen molar-refractivity contribution in [3.63, 3.8) is 0 Å². The van der Waals surface area contributed by atoms with E-state index in [0.717, 1.165) is 31.6 Å². The molecule has 2 saturated heterocycles. The summed E-state index contributed by atoms with van der Waals surface area (Å²) in [4.78, 5) is 11.0. The Kier molecular flexibility index (Phi) is 1.66. The van der Waals surface area contributed by atoms with Crippen LogP contribution in [0.1, 0.15) is 6.42 Å². The van der Waals surface area contributed by atoms with Gasteiger partial charge >= 0.3 is 0 Å². The number of carbonyl (C=O) groups excluding carboxylic acids is 1. The zero-order chi connectivity index (χ0) is 7.68. The molecule has 2 heterocycles. The summed E-state index contributed by atoms with van der Waals surface area (Å²) in [6.45, 7) is 2.90. The maximum atomic E-state index is 11.0. The van der Waals surface area contributed by atoms with Crippen LogP contribution in [0.4, 0.5) is 0 Å². The molecule has 0 aromatic rings. The smallest absolute Gasteiger partial charge is 0.246 e. The van der Waals surface area contributed by atoms with Crippen LogP contribution in [0.5, 0.6) is 0 Å². The maximum absolute atomic E-state index is 11.0. The third-order valence-corrected chi connectivity index (χ3v) is 2.22. The average molecular weight is 152 g/mol. The fourth-order valence-corrected chi connectivity index (χ4v) is 1.41. The molecular formula is C8H12N2O. The zero-order valence-corrected chi connectivity index (χ0v) is 6.39. The standard InChI is InChI=1S/C8H12N2O/c11-8-7(1-2-10-8)3-6-4-9-5-6/h3,6,9H,1-2,4-5H2,(H,10,11)/b7-3+. The highest BCUT2D eigenvalue weighted by molar-refractivity contribution is 5.95. The van der Waals surface area contributed by atoms with Gasteiger partial charge in [-0.3, -0.25) is 4.79 Å². The van der Waals surface area contributed by atoms with Crippen LogP contribution in [0.25, 0.3) is 0 Å². The normalized spacial score (nSPS) is 28.7. The van der Waals surface area contributed by atoms with Crippen LogP contribution < -0.4 is 10.6 Å². The number of amides is 1. The molecule has 2 fully saturated rings. The van der Waals surface area contributed by atoms with Crippen LogP contribution in [0, 0.1) is 5.92 Å². The van der Waals surface area contributed by atoms with E-state index in [0.29, 0.717) is 5.92 Å². The Hall–Kier alpha value is -0.830. The molecule has 0 aromatic carbocycles. The number of hydrogen-bond donors (Lipinski definition) is 2. The largest absolute Gasteiger partial charge is 0.352 e. The number of carbonyl (C=O) groups is 1. The first-order valence-corrected chi connectivity index (χ1v) is 4.06.